The number of fused-ring (bicyclic) bond motifs is 1. The van der Waals surface area contributed by atoms with Crippen molar-refractivity contribution >= 4 is 46.0 Å². The molecule has 0 atom stereocenters. The van der Waals surface area contributed by atoms with Crippen LogP contribution in [0, 0.1) is 0 Å². The van der Waals surface area contributed by atoms with Gasteiger partial charge in [0.1, 0.15) is 11.3 Å². The van der Waals surface area contributed by atoms with E-state index in [0.29, 0.717) is 33.2 Å². The van der Waals surface area contributed by atoms with Gasteiger partial charge in [-0.2, -0.15) is 0 Å². The van der Waals surface area contributed by atoms with E-state index in [9.17, 15) is 9.90 Å². The number of aliphatic imine (C=N–C) groups is 1. The highest BCUT2D eigenvalue weighted by Gasteiger charge is 2.14. The topological polar surface area (TPSA) is 54.6 Å². The minimum atomic E-state index is -0.310. The molecule has 0 aliphatic heterocycles. The molecule has 0 unspecified atom stereocenters. The molecule has 122 valence electrons. The van der Waals surface area contributed by atoms with Gasteiger partial charge in [-0.1, -0.05) is 35.3 Å². The molecule has 1 heterocycles. The van der Waals surface area contributed by atoms with Gasteiger partial charge in [0, 0.05) is 23.2 Å². The number of halogens is 2. The molecule has 1 aromatic heterocycles. The van der Waals surface area contributed by atoms with Gasteiger partial charge >= 0.3 is 0 Å². The van der Waals surface area contributed by atoms with Crippen LogP contribution in [0.25, 0.3) is 10.9 Å². The first-order valence-corrected chi connectivity index (χ1v) is 8.12. The highest BCUT2D eigenvalue weighted by Crippen LogP contribution is 2.29. The van der Waals surface area contributed by atoms with Crippen molar-refractivity contribution < 1.29 is 5.11 Å². The van der Waals surface area contributed by atoms with Gasteiger partial charge in [-0.3, -0.25) is 9.79 Å². The maximum atomic E-state index is 12.7. The molecule has 0 radical (unpaired) electrons. The van der Waals surface area contributed by atoms with E-state index in [-0.39, 0.29) is 16.9 Å². The fourth-order valence-electron chi connectivity index (χ4n) is 2.56. The van der Waals surface area contributed by atoms with E-state index in [0.717, 1.165) is 0 Å². The third-order valence-corrected chi connectivity index (χ3v) is 4.29. The number of nitrogens with zero attached hydrogens (tertiary/aromatic N) is 2. The van der Waals surface area contributed by atoms with Crippen LogP contribution in [0.3, 0.4) is 0 Å². The average Bonchev–Trinajstić information content (AvgIpc) is 2.58. The zero-order chi connectivity index (χ0) is 17.3. The number of para-hydroxylation sites is 1. The Labute approximate surface area is 148 Å². The molecule has 0 fully saturated rings. The number of hydrogen-bond acceptors (Lipinski definition) is 3. The molecule has 3 rings (SSSR count). The standard InChI is InChI=1S/C18H14Cl2N2O2/c1-2-22-16-6-4-3-5-12(16)17(23)13(18(22)24)10-21-15-9-11(19)7-8-14(15)20/h3-10,23H,2H2,1H3. The van der Waals surface area contributed by atoms with Crippen molar-refractivity contribution in [1.82, 2.24) is 4.57 Å². The Morgan fingerprint density at radius 1 is 1.21 bits per heavy atom. The molecule has 0 aliphatic rings. The Morgan fingerprint density at radius 2 is 1.96 bits per heavy atom. The monoisotopic (exact) mass is 360 g/mol. The van der Waals surface area contributed by atoms with E-state index < -0.39 is 0 Å². The molecule has 24 heavy (non-hydrogen) atoms. The molecule has 2 aromatic carbocycles. The van der Waals surface area contributed by atoms with E-state index in [1.165, 1.54) is 6.21 Å². The van der Waals surface area contributed by atoms with Gasteiger partial charge in [0.05, 0.1) is 16.2 Å². The SMILES string of the molecule is CCn1c(=O)c(C=Nc2cc(Cl)ccc2Cl)c(O)c2ccccc21. The van der Waals surface area contributed by atoms with Crippen molar-refractivity contribution in [2.24, 2.45) is 4.99 Å². The Morgan fingerprint density at radius 3 is 2.71 bits per heavy atom. The Kier molecular flexibility index (Phi) is 4.60. The number of aromatic hydroxyl groups is 1. The molecule has 0 saturated carbocycles. The third-order valence-electron chi connectivity index (χ3n) is 3.74. The Bertz CT molecular complexity index is 1010. The predicted molar refractivity (Wildman–Crippen MR) is 99.3 cm³/mol. The first kappa shape index (κ1) is 16.6. The smallest absolute Gasteiger partial charge is 0.263 e. The zero-order valence-electron chi connectivity index (χ0n) is 12.8. The van der Waals surface area contributed by atoms with Crippen molar-refractivity contribution in [3.8, 4) is 5.75 Å². The molecule has 0 saturated heterocycles. The quantitative estimate of drug-likeness (QED) is 0.683. The van der Waals surface area contributed by atoms with Gasteiger partial charge in [0.25, 0.3) is 5.56 Å². The lowest BCUT2D eigenvalue weighted by molar-refractivity contribution is 0.478. The summed E-state index contributed by atoms with van der Waals surface area (Å²) in [4.78, 5) is 16.9. The van der Waals surface area contributed by atoms with Gasteiger partial charge in [0.15, 0.2) is 0 Å². The van der Waals surface area contributed by atoms with E-state index in [2.05, 4.69) is 4.99 Å². The van der Waals surface area contributed by atoms with Crippen molar-refractivity contribution in [3.05, 3.63) is 68.4 Å². The lowest BCUT2D eigenvalue weighted by Crippen LogP contribution is -2.23. The molecule has 3 aromatic rings. The van der Waals surface area contributed by atoms with E-state index in [1.54, 1.807) is 41.0 Å². The van der Waals surface area contributed by atoms with E-state index >= 15 is 0 Å². The van der Waals surface area contributed by atoms with Crippen LogP contribution in [0.4, 0.5) is 5.69 Å². The third kappa shape index (κ3) is 2.90. The number of pyridine rings is 1. The van der Waals surface area contributed by atoms with Crippen LogP contribution < -0.4 is 5.56 Å². The van der Waals surface area contributed by atoms with Crippen LogP contribution in [0.2, 0.25) is 10.0 Å². The van der Waals surface area contributed by atoms with Gasteiger partial charge in [-0.05, 0) is 37.3 Å². The summed E-state index contributed by atoms with van der Waals surface area (Å²) in [5.41, 5.74) is 0.918. The molecule has 0 bridgehead atoms. The van der Waals surface area contributed by atoms with Crippen molar-refractivity contribution in [1.29, 1.82) is 0 Å². The molecule has 0 spiro atoms. The highest BCUT2D eigenvalue weighted by molar-refractivity contribution is 6.35. The van der Waals surface area contributed by atoms with Crippen molar-refractivity contribution in [2.75, 3.05) is 0 Å². The second kappa shape index (κ2) is 6.67. The van der Waals surface area contributed by atoms with Crippen molar-refractivity contribution in [3.63, 3.8) is 0 Å². The molecular weight excluding hydrogens is 347 g/mol. The Hall–Kier alpha value is -2.30. The summed E-state index contributed by atoms with van der Waals surface area (Å²) in [6.07, 6.45) is 1.33. The molecule has 4 nitrogen and oxygen atoms in total. The average molecular weight is 361 g/mol. The summed E-state index contributed by atoms with van der Waals surface area (Å²) in [6, 6.07) is 12.1. The predicted octanol–water partition coefficient (Wildman–Crippen LogP) is 4.78. The molecule has 6 heteroatoms. The minimum absolute atomic E-state index is 0.0952. The van der Waals surface area contributed by atoms with Crippen molar-refractivity contribution in [2.45, 2.75) is 13.5 Å². The maximum Gasteiger partial charge on any atom is 0.263 e. The first-order chi connectivity index (χ1) is 11.5. The fourth-order valence-corrected chi connectivity index (χ4v) is 2.89. The summed E-state index contributed by atoms with van der Waals surface area (Å²) < 4.78 is 1.59. The summed E-state index contributed by atoms with van der Waals surface area (Å²) in [7, 11) is 0. The summed E-state index contributed by atoms with van der Waals surface area (Å²) in [5.74, 6) is -0.0952. The minimum Gasteiger partial charge on any atom is -0.506 e. The Balaban J connectivity index is 2.21. The van der Waals surface area contributed by atoms with Crippen LogP contribution in [0.1, 0.15) is 12.5 Å². The van der Waals surface area contributed by atoms with Crippen LogP contribution in [-0.4, -0.2) is 15.9 Å². The number of rotatable bonds is 3. The summed E-state index contributed by atoms with van der Waals surface area (Å²) >= 11 is 12.0. The van der Waals surface area contributed by atoms with Gasteiger partial charge in [-0.15, -0.1) is 0 Å². The largest absolute Gasteiger partial charge is 0.506 e. The van der Waals surface area contributed by atoms with Gasteiger partial charge < -0.3 is 9.67 Å². The normalized spacial score (nSPS) is 11.5. The lowest BCUT2D eigenvalue weighted by Gasteiger charge is -2.11. The second-order valence-corrected chi connectivity index (χ2v) is 6.03. The maximum absolute atomic E-state index is 12.7. The first-order valence-electron chi connectivity index (χ1n) is 7.36. The van der Waals surface area contributed by atoms with Crippen LogP contribution in [0.15, 0.2) is 52.3 Å². The number of aromatic nitrogens is 1. The van der Waals surface area contributed by atoms with E-state index in [4.69, 9.17) is 23.2 Å². The molecule has 0 aliphatic carbocycles. The molecule has 0 amide bonds. The highest BCUT2D eigenvalue weighted by atomic mass is 35.5. The lowest BCUT2D eigenvalue weighted by atomic mass is 10.1. The van der Waals surface area contributed by atoms with Crippen LogP contribution in [0.5, 0.6) is 5.75 Å². The number of aryl methyl sites for hydroxylation is 1. The van der Waals surface area contributed by atoms with Crippen LogP contribution in [-0.2, 0) is 6.54 Å². The zero-order valence-corrected chi connectivity index (χ0v) is 14.3. The van der Waals surface area contributed by atoms with Gasteiger partial charge in [-0.25, -0.2) is 0 Å². The number of benzene rings is 2. The van der Waals surface area contributed by atoms with E-state index in [1.807, 2.05) is 13.0 Å². The van der Waals surface area contributed by atoms with Gasteiger partial charge in [0.2, 0.25) is 0 Å². The van der Waals surface area contributed by atoms with Crippen LogP contribution >= 0.6 is 23.2 Å². The summed E-state index contributed by atoms with van der Waals surface area (Å²) in [6.45, 7) is 2.36. The fraction of sp³-hybridized carbons (Fsp3) is 0.111. The summed E-state index contributed by atoms with van der Waals surface area (Å²) in [5, 5.41) is 12.0. The molecular formula is C18H14Cl2N2O2. The number of hydrogen-bond donors (Lipinski definition) is 1. The second-order valence-electron chi connectivity index (χ2n) is 5.18. The molecule has 1 N–H and O–H groups in total.